The first-order chi connectivity index (χ1) is 7.34. The maximum atomic E-state index is 11.7. The van der Waals surface area contributed by atoms with E-state index in [1.54, 1.807) is 11.3 Å². The summed E-state index contributed by atoms with van der Waals surface area (Å²) in [5.41, 5.74) is 0. The van der Waals surface area contributed by atoms with Crippen LogP contribution in [0.2, 0.25) is 0 Å². The van der Waals surface area contributed by atoms with Crippen LogP contribution in [0.25, 0.3) is 0 Å². The van der Waals surface area contributed by atoms with Crippen LogP contribution in [0, 0.1) is 0 Å². The van der Waals surface area contributed by atoms with Gasteiger partial charge >= 0.3 is 0 Å². The van der Waals surface area contributed by atoms with E-state index in [0.29, 0.717) is 18.0 Å². The van der Waals surface area contributed by atoms with Crippen molar-refractivity contribution in [1.82, 2.24) is 0 Å². The molecule has 0 bridgehead atoms. The van der Waals surface area contributed by atoms with Crippen LogP contribution in [0.3, 0.4) is 0 Å². The summed E-state index contributed by atoms with van der Waals surface area (Å²) in [6.07, 6.45) is 5.98. The van der Waals surface area contributed by atoms with Crippen LogP contribution in [-0.2, 0) is 11.2 Å². The summed E-state index contributed by atoms with van der Waals surface area (Å²) >= 11 is 3.55. The summed E-state index contributed by atoms with van der Waals surface area (Å²) in [5, 5.41) is 2.80. The van der Waals surface area contributed by atoms with Crippen LogP contribution in [0.5, 0.6) is 0 Å². The van der Waals surface area contributed by atoms with Gasteiger partial charge in [0, 0.05) is 16.5 Å². The van der Waals surface area contributed by atoms with Gasteiger partial charge in [0.05, 0.1) is 5.75 Å². The summed E-state index contributed by atoms with van der Waals surface area (Å²) < 4.78 is 0. The van der Waals surface area contributed by atoms with Crippen LogP contribution in [0.1, 0.15) is 30.6 Å². The second kappa shape index (κ2) is 5.71. The fourth-order valence-corrected chi connectivity index (χ4v) is 3.85. The molecule has 0 spiro atoms. The Hall–Kier alpha value is -0.280. The SMILES string of the molecule is O=C(CSC1CCCC1)Cc1cccs1. The molecule has 0 N–H and O–H groups in total. The Balaban J connectivity index is 1.68. The minimum Gasteiger partial charge on any atom is -0.298 e. The molecule has 15 heavy (non-hydrogen) atoms. The highest BCUT2D eigenvalue weighted by Crippen LogP contribution is 2.29. The van der Waals surface area contributed by atoms with Gasteiger partial charge in [0.15, 0.2) is 0 Å². The molecular formula is C12H16OS2. The molecule has 1 aliphatic rings. The molecule has 0 amide bonds. The molecule has 1 saturated carbocycles. The monoisotopic (exact) mass is 240 g/mol. The van der Waals surface area contributed by atoms with E-state index in [1.807, 2.05) is 29.3 Å². The summed E-state index contributed by atoms with van der Waals surface area (Å²) in [6, 6.07) is 4.06. The van der Waals surface area contributed by atoms with Crippen molar-refractivity contribution >= 4 is 28.9 Å². The lowest BCUT2D eigenvalue weighted by Crippen LogP contribution is -2.08. The third kappa shape index (κ3) is 3.65. The fraction of sp³-hybridized carbons (Fsp3) is 0.583. The normalized spacial score (nSPS) is 17.1. The molecule has 1 aliphatic carbocycles. The number of rotatable bonds is 5. The van der Waals surface area contributed by atoms with Crippen molar-refractivity contribution in [1.29, 1.82) is 0 Å². The van der Waals surface area contributed by atoms with Gasteiger partial charge in [-0.3, -0.25) is 4.79 Å². The number of carbonyl (C=O) groups is 1. The smallest absolute Gasteiger partial charge is 0.147 e. The van der Waals surface area contributed by atoms with Crippen molar-refractivity contribution in [2.45, 2.75) is 37.4 Å². The molecule has 0 unspecified atom stereocenters. The molecule has 0 aromatic carbocycles. The Morgan fingerprint density at radius 3 is 2.93 bits per heavy atom. The van der Waals surface area contributed by atoms with Crippen LogP contribution in [0.15, 0.2) is 17.5 Å². The quantitative estimate of drug-likeness (QED) is 0.783. The number of thiophene rings is 1. The van der Waals surface area contributed by atoms with E-state index >= 15 is 0 Å². The van der Waals surface area contributed by atoms with Gasteiger partial charge in [0.25, 0.3) is 0 Å². The zero-order valence-electron chi connectivity index (χ0n) is 8.78. The largest absolute Gasteiger partial charge is 0.298 e. The molecule has 0 atom stereocenters. The summed E-state index contributed by atoms with van der Waals surface area (Å²) in [7, 11) is 0. The molecule has 1 aromatic heterocycles. The highest BCUT2D eigenvalue weighted by Gasteiger charge is 2.16. The second-order valence-electron chi connectivity index (χ2n) is 4.01. The predicted octanol–water partition coefficient (Wildman–Crippen LogP) is 3.54. The third-order valence-corrected chi connectivity index (χ3v) is 5.04. The molecule has 1 aromatic rings. The van der Waals surface area contributed by atoms with Gasteiger partial charge in [-0.1, -0.05) is 18.9 Å². The standard InChI is InChI=1S/C12H16OS2/c13-10(8-12-6-3-7-14-12)9-15-11-4-1-2-5-11/h3,6-7,11H,1-2,4-5,8-9H2. The summed E-state index contributed by atoms with van der Waals surface area (Å²) in [4.78, 5) is 12.9. The van der Waals surface area contributed by atoms with Gasteiger partial charge in [-0.25, -0.2) is 0 Å². The minimum atomic E-state index is 0.384. The van der Waals surface area contributed by atoms with E-state index < -0.39 is 0 Å². The lowest BCUT2D eigenvalue weighted by Gasteiger charge is -2.06. The van der Waals surface area contributed by atoms with E-state index in [9.17, 15) is 4.79 Å². The Morgan fingerprint density at radius 2 is 2.27 bits per heavy atom. The van der Waals surface area contributed by atoms with E-state index in [0.717, 1.165) is 5.25 Å². The Labute approximate surface area is 99.3 Å². The maximum Gasteiger partial charge on any atom is 0.147 e. The highest BCUT2D eigenvalue weighted by atomic mass is 32.2. The Kier molecular flexibility index (Phi) is 4.27. The molecule has 2 rings (SSSR count). The first-order valence-electron chi connectivity index (χ1n) is 5.50. The molecule has 0 saturated heterocycles. The Morgan fingerprint density at radius 1 is 1.47 bits per heavy atom. The molecule has 1 nitrogen and oxygen atoms in total. The lowest BCUT2D eigenvalue weighted by molar-refractivity contribution is -0.115. The van der Waals surface area contributed by atoms with Gasteiger partial charge in [-0.05, 0) is 24.3 Å². The fourth-order valence-electron chi connectivity index (χ4n) is 1.92. The van der Waals surface area contributed by atoms with Gasteiger partial charge in [-0.2, -0.15) is 11.8 Å². The minimum absolute atomic E-state index is 0.384. The topological polar surface area (TPSA) is 17.1 Å². The van der Waals surface area contributed by atoms with Crippen LogP contribution < -0.4 is 0 Å². The number of Topliss-reactive ketones (excluding diaryl/α,β-unsaturated/α-hetero) is 1. The molecular weight excluding hydrogens is 224 g/mol. The molecule has 0 aliphatic heterocycles. The number of hydrogen-bond acceptors (Lipinski definition) is 3. The number of ketones is 1. The van der Waals surface area contributed by atoms with Crippen molar-refractivity contribution in [3.05, 3.63) is 22.4 Å². The van der Waals surface area contributed by atoms with E-state index in [-0.39, 0.29) is 0 Å². The van der Waals surface area contributed by atoms with Gasteiger partial charge in [-0.15, -0.1) is 11.3 Å². The molecule has 3 heteroatoms. The molecule has 1 heterocycles. The first-order valence-corrected chi connectivity index (χ1v) is 7.43. The van der Waals surface area contributed by atoms with E-state index in [4.69, 9.17) is 0 Å². The highest BCUT2D eigenvalue weighted by molar-refractivity contribution is 8.00. The van der Waals surface area contributed by atoms with E-state index in [1.165, 1.54) is 30.6 Å². The zero-order chi connectivity index (χ0) is 10.5. The number of thioether (sulfide) groups is 1. The van der Waals surface area contributed by atoms with Crippen molar-refractivity contribution < 1.29 is 4.79 Å². The van der Waals surface area contributed by atoms with Crippen LogP contribution >= 0.6 is 23.1 Å². The first kappa shape index (κ1) is 11.2. The predicted molar refractivity (Wildman–Crippen MR) is 67.7 cm³/mol. The molecule has 0 radical (unpaired) electrons. The Bertz CT molecular complexity index is 299. The van der Waals surface area contributed by atoms with Gasteiger partial charge in [0.2, 0.25) is 0 Å². The average molecular weight is 240 g/mol. The third-order valence-electron chi connectivity index (χ3n) is 2.73. The van der Waals surface area contributed by atoms with Crippen molar-refractivity contribution in [3.8, 4) is 0 Å². The number of hydrogen-bond donors (Lipinski definition) is 0. The lowest BCUT2D eigenvalue weighted by atomic mass is 10.3. The molecule has 82 valence electrons. The van der Waals surface area contributed by atoms with Crippen molar-refractivity contribution in [3.63, 3.8) is 0 Å². The van der Waals surface area contributed by atoms with Gasteiger partial charge < -0.3 is 0 Å². The average Bonchev–Trinajstić information content (AvgIpc) is 2.86. The molecule has 1 fully saturated rings. The maximum absolute atomic E-state index is 11.7. The summed E-state index contributed by atoms with van der Waals surface area (Å²) in [6.45, 7) is 0. The van der Waals surface area contributed by atoms with Crippen LogP contribution in [0.4, 0.5) is 0 Å². The second-order valence-corrected chi connectivity index (χ2v) is 6.33. The summed E-state index contributed by atoms with van der Waals surface area (Å²) in [5.74, 6) is 1.09. The van der Waals surface area contributed by atoms with Crippen LogP contribution in [-0.4, -0.2) is 16.8 Å². The van der Waals surface area contributed by atoms with E-state index in [2.05, 4.69) is 0 Å². The van der Waals surface area contributed by atoms with Crippen molar-refractivity contribution in [2.24, 2.45) is 0 Å². The van der Waals surface area contributed by atoms with Crippen molar-refractivity contribution in [2.75, 3.05) is 5.75 Å². The van der Waals surface area contributed by atoms with Gasteiger partial charge in [0.1, 0.15) is 5.78 Å². The zero-order valence-corrected chi connectivity index (χ0v) is 10.4. The number of carbonyl (C=O) groups excluding carboxylic acids is 1.